The average Bonchev–Trinajstić information content (AvgIpc) is 3.31. The van der Waals surface area contributed by atoms with Crippen molar-refractivity contribution in [2.45, 2.75) is 36.8 Å². The predicted molar refractivity (Wildman–Crippen MR) is 104 cm³/mol. The molecule has 1 atom stereocenters. The lowest BCUT2D eigenvalue weighted by Gasteiger charge is -2.10. The molecule has 1 aliphatic rings. The number of thiazole rings is 1. The van der Waals surface area contributed by atoms with Gasteiger partial charge in [0.25, 0.3) is 0 Å². The largest absolute Gasteiger partial charge is 0.297 e. The lowest BCUT2D eigenvalue weighted by molar-refractivity contribution is -0.116. The standard InChI is InChI=1S/C19H17N5OS2/c1-12-10-26-18(21-12)15(9-20)16(25)11-27-19-23-22-17(13-7-8-13)24(19)14-5-3-2-4-6-14/h2-6,10,13,15H,7-8,11H2,1H3. The number of ketones is 1. The Morgan fingerprint density at radius 1 is 1.37 bits per heavy atom. The summed E-state index contributed by atoms with van der Waals surface area (Å²) in [7, 11) is 0. The van der Waals surface area contributed by atoms with E-state index in [1.165, 1.54) is 23.1 Å². The van der Waals surface area contributed by atoms with Crippen LogP contribution in [0, 0.1) is 18.3 Å². The maximum atomic E-state index is 12.6. The molecule has 1 saturated carbocycles. The number of aryl methyl sites for hydroxylation is 1. The van der Waals surface area contributed by atoms with Gasteiger partial charge in [-0.05, 0) is 31.9 Å². The second-order valence-electron chi connectivity index (χ2n) is 6.43. The molecule has 0 saturated heterocycles. The van der Waals surface area contributed by atoms with Gasteiger partial charge < -0.3 is 0 Å². The molecule has 1 fully saturated rings. The molecule has 0 aliphatic heterocycles. The van der Waals surface area contributed by atoms with Crippen LogP contribution in [0.3, 0.4) is 0 Å². The van der Waals surface area contributed by atoms with Crippen LogP contribution in [0.4, 0.5) is 0 Å². The second-order valence-corrected chi connectivity index (χ2v) is 8.26. The van der Waals surface area contributed by atoms with Crippen molar-refractivity contribution in [2.75, 3.05) is 5.75 Å². The predicted octanol–water partition coefficient (Wildman–Crippen LogP) is 3.88. The molecule has 27 heavy (non-hydrogen) atoms. The lowest BCUT2D eigenvalue weighted by Crippen LogP contribution is -2.14. The number of aromatic nitrogens is 4. The first-order chi connectivity index (χ1) is 13.2. The quantitative estimate of drug-likeness (QED) is 0.565. The van der Waals surface area contributed by atoms with Gasteiger partial charge in [-0.1, -0.05) is 30.0 Å². The fourth-order valence-corrected chi connectivity index (χ4v) is 4.51. The fraction of sp³-hybridized carbons (Fsp3) is 0.316. The van der Waals surface area contributed by atoms with E-state index in [1.54, 1.807) is 0 Å². The number of hydrogen-bond donors (Lipinski definition) is 0. The zero-order chi connectivity index (χ0) is 18.8. The number of Topliss-reactive ketones (excluding diaryl/α,β-unsaturated/α-hetero) is 1. The molecular formula is C19H17N5OS2. The van der Waals surface area contributed by atoms with Crippen LogP contribution in [-0.2, 0) is 4.79 Å². The molecule has 2 aromatic heterocycles. The van der Waals surface area contributed by atoms with E-state index in [2.05, 4.69) is 21.3 Å². The van der Waals surface area contributed by atoms with Gasteiger partial charge in [0.05, 0.1) is 11.8 Å². The van der Waals surface area contributed by atoms with E-state index in [0.717, 1.165) is 30.0 Å². The van der Waals surface area contributed by atoms with Crippen molar-refractivity contribution in [3.63, 3.8) is 0 Å². The van der Waals surface area contributed by atoms with Crippen LogP contribution >= 0.6 is 23.1 Å². The Morgan fingerprint density at radius 3 is 2.78 bits per heavy atom. The van der Waals surface area contributed by atoms with Gasteiger partial charge in [0.2, 0.25) is 0 Å². The van der Waals surface area contributed by atoms with Gasteiger partial charge in [-0.2, -0.15) is 5.26 Å². The highest BCUT2D eigenvalue weighted by atomic mass is 32.2. The maximum Gasteiger partial charge on any atom is 0.196 e. The van der Waals surface area contributed by atoms with Crippen LogP contribution in [0.2, 0.25) is 0 Å². The molecule has 2 heterocycles. The summed E-state index contributed by atoms with van der Waals surface area (Å²) in [5.74, 6) is 0.558. The Balaban J connectivity index is 1.55. The minimum Gasteiger partial charge on any atom is -0.297 e. The summed E-state index contributed by atoms with van der Waals surface area (Å²) in [5.41, 5.74) is 1.82. The van der Waals surface area contributed by atoms with Crippen LogP contribution in [0.5, 0.6) is 0 Å². The van der Waals surface area contributed by atoms with Crippen molar-refractivity contribution >= 4 is 28.9 Å². The molecule has 0 spiro atoms. The number of rotatable bonds is 7. The molecular weight excluding hydrogens is 378 g/mol. The van der Waals surface area contributed by atoms with E-state index in [4.69, 9.17) is 0 Å². The highest BCUT2D eigenvalue weighted by Crippen LogP contribution is 2.41. The zero-order valence-electron chi connectivity index (χ0n) is 14.7. The monoisotopic (exact) mass is 395 g/mol. The average molecular weight is 396 g/mol. The minimum absolute atomic E-state index is 0.159. The first-order valence-electron chi connectivity index (χ1n) is 8.65. The van der Waals surface area contributed by atoms with E-state index >= 15 is 0 Å². The van der Waals surface area contributed by atoms with Gasteiger partial charge >= 0.3 is 0 Å². The van der Waals surface area contributed by atoms with E-state index in [0.29, 0.717) is 16.1 Å². The van der Waals surface area contributed by atoms with E-state index in [-0.39, 0.29) is 11.5 Å². The van der Waals surface area contributed by atoms with Gasteiger partial charge in [0, 0.05) is 22.7 Å². The van der Waals surface area contributed by atoms with E-state index in [1.807, 2.05) is 47.2 Å². The Labute approximate surface area is 165 Å². The van der Waals surface area contributed by atoms with Crippen molar-refractivity contribution in [3.05, 3.63) is 52.2 Å². The summed E-state index contributed by atoms with van der Waals surface area (Å²) in [6.07, 6.45) is 2.24. The molecule has 1 aliphatic carbocycles. The third kappa shape index (κ3) is 3.80. The molecule has 0 amide bonds. The SMILES string of the molecule is Cc1csc(C(C#N)C(=O)CSc2nnc(C3CC3)n2-c2ccccc2)n1. The summed E-state index contributed by atoms with van der Waals surface area (Å²) in [4.78, 5) is 16.9. The summed E-state index contributed by atoms with van der Waals surface area (Å²) in [6.45, 7) is 1.86. The molecule has 4 rings (SSSR count). The minimum atomic E-state index is -0.827. The van der Waals surface area contributed by atoms with Gasteiger partial charge in [-0.25, -0.2) is 4.98 Å². The first kappa shape index (κ1) is 17.9. The van der Waals surface area contributed by atoms with Crippen molar-refractivity contribution < 1.29 is 4.79 Å². The summed E-state index contributed by atoms with van der Waals surface area (Å²) < 4.78 is 2.03. The van der Waals surface area contributed by atoms with E-state index in [9.17, 15) is 10.1 Å². The number of hydrogen-bond acceptors (Lipinski definition) is 7. The molecule has 0 bridgehead atoms. The number of nitrogens with zero attached hydrogens (tertiary/aromatic N) is 5. The first-order valence-corrected chi connectivity index (χ1v) is 10.5. The fourth-order valence-electron chi connectivity index (χ4n) is 2.79. The second kappa shape index (κ2) is 7.62. The normalized spacial score (nSPS) is 14.7. The van der Waals surface area contributed by atoms with Gasteiger partial charge in [0.1, 0.15) is 10.8 Å². The van der Waals surface area contributed by atoms with Crippen molar-refractivity contribution in [2.24, 2.45) is 0 Å². The van der Waals surface area contributed by atoms with Crippen LogP contribution in [0.15, 0.2) is 40.9 Å². The van der Waals surface area contributed by atoms with Crippen LogP contribution in [-0.4, -0.2) is 31.3 Å². The molecule has 6 nitrogen and oxygen atoms in total. The van der Waals surface area contributed by atoms with Crippen LogP contribution in [0.25, 0.3) is 5.69 Å². The molecule has 1 aromatic carbocycles. The summed E-state index contributed by atoms with van der Waals surface area (Å²) in [6, 6.07) is 12.0. The van der Waals surface area contributed by atoms with Gasteiger partial charge in [0.15, 0.2) is 16.9 Å². The van der Waals surface area contributed by atoms with Crippen molar-refractivity contribution in [1.82, 2.24) is 19.7 Å². The van der Waals surface area contributed by atoms with Crippen LogP contribution in [0.1, 0.15) is 41.2 Å². The smallest absolute Gasteiger partial charge is 0.196 e. The Kier molecular flexibility index (Phi) is 5.05. The summed E-state index contributed by atoms with van der Waals surface area (Å²) >= 11 is 2.68. The molecule has 3 aromatic rings. The third-order valence-corrected chi connectivity index (χ3v) is 6.27. The topological polar surface area (TPSA) is 84.5 Å². The molecule has 0 N–H and O–H groups in total. The summed E-state index contributed by atoms with van der Waals surface area (Å²) in [5, 5.41) is 21.2. The number of benzene rings is 1. The molecule has 0 radical (unpaired) electrons. The molecule has 1 unspecified atom stereocenters. The third-order valence-electron chi connectivity index (χ3n) is 4.29. The zero-order valence-corrected chi connectivity index (χ0v) is 16.3. The lowest BCUT2D eigenvalue weighted by atomic mass is 10.1. The Hall–Kier alpha value is -2.50. The molecule has 136 valence electrons. The van der Waals surface area contributed by atoms with Gasteiger partial charge in [-0.3, -0.25) is 9.36 Å². The van der Waals surface area contributed by atoms with Crippen LogP contribution < -0.4 is 0 Å². The Morgan fingerprint density at radius 2 is 2.15 bits per heavy atom. The number of nitriles is 1. The number of thioether (sulfide) groups is 1. The van der Waals surface area contributed by atoms with E-state index < -0.39 is 5.92 Å². The van der Waals surface area contributed by atoms with Gasteiger partial charge in [-0.15, -0.1) is 21.5 Å². The van der Waals surface area contributed by atoms with Crippen molar-refractivity contribution in [3.8, 4) is 11.8 Å². The number of para-hydroxylation sites is 1. The maximum absolute atomic E-state index is 12.6. The highest BCUT2D eigenvalue weighted by molar-refractivity contribution is 7.99. The molecule has 8 heteroatoms. The number of carbonyl (C=O) groups excluding carboxylic acids is 1. The number of carbonyl (C=O) groups is 1. The van der Waals surface area contributed by atoms with Crippen molar-refractivity contribution in [1.29, 1.82) is 5.26 Å². The Bertz CT molecular complexity index is 1000. The highest BCUT2D eigenvalue weighted by Gasteiger charge is 2.31.